The van der Waals surface area contributed by atoms with Crippen LogP contribution in [0, 0.1) is 5.41 Å². The van der Waals surface area contributed by atoms with Crippen molar-refractivity contribution in [2.24, 2.45) is 5.73 Å². The molecule has 12 nitrogen and oxygen atoms in total. The van der Waals surface area contributed by atoms with Crippen LogP contribution in [0.4, 0.5) is 4.79 Å². The maximum absolute atomic E-state index is 13.1. The molecule has 2 rings (SSSR count). The number of cyclic esters (lactones) is 1. The first kappa shape index (κ1) is 24.3. The highest BCUT2D eigenvalue weighted by Gasteiger charge is 2.48. The van der Waals surface area contributed by atoms with E-state index in [2.05, 4.69) is 5.32 Å². The van der Waals surface area contributed by atoms with Crippen molar-refractivity contribution >= 4 is 28.0 Å². The number of rotatable bonds is 8. The zero-order valence-corrected chi connectivity index (χ0v) is 18.5. The Labute approximate surface area is 176 Å². The fraction of sp³-hybridized carbons (Fsp3) is 0.824. The van der Waals surface area contributed by atoms with E-state index in [4.69, 9.17) is 24.8 Å². The highest BCUT2D eigenvalue weighted by molar-refractivity contribution is 7.85. The molecule has 0 bridgehead atoms. The third kappa shape index (κ3) is 6.79. The predicted octanol–water partition coefficient (Wildman–Crippen LogP) is -1.30. The van der Waals surface area contributed by atoms with Crippen molar-refractivity contribution in [2.75, 3.05) is 45.6 Å². The van der Waals surface area contributed by atoms with E-state index in [9.17, 15) is 18.0 Å². The van der Waals surface area contributed by atoms with Crippen molar-refractivity contribution in [3.8, 4) is 0 Å². The number of carbonyl (C=O) groups is 2. The Hall–Kier alpha value is -1.96. The Balaban J connectivity index is 2.31. The van der Waals surface area contributed by atoms with E-state index in [0.29, 0.717) is 26.2 Å². The third-order valence-corrected chi connectivity index (χ3v) is 5.08. The molecule has 2 aliphatic heterocycles. The SMILES string of the molecule is CC(C)(C)OC(=O)C(C(C(=N)N)N1CCNCC1)N1CC(COS(C)(=O)=O)OC1=O. The van der Waals surface area contributed by atoms with Crippen LogP contribution in [-0.4, -0.2) is 105 Å². The second kappa shape index (κ2) is 9.45. The molecule has 2 fully saturated rings. The largest absolute Gasteiger partial charge is 0.458 e. The molecule has 3 atom stereocenters. The number of nitrogens with zero attached hydrogens (tertiary/aromatic N) is 2. The maximum Gasteiger partial charge on any atom is 0.411 e. The summed E-state index contributed by atoms with van der Waals surface area (Å²) in [6, 6.07) is -2.14. The molecule has 4 N–H and O–H groups in total. The minimum Gasteiger partial charge on any atom is -0.458 e. The number of amides is 1. The number of esters is 1. The minimum atomic E-state index is -3.72. The number of ether oxygens (including phenoxy) is 2. The molecule has 1 amide bonds. The van der Waals surface area contributed by atoms with Crippen LogP contribution >= 0.6 is 0 Å². The number of piperazine rings is 1. The summed E-state index contributed by atoms with van der Waals surface area (Å²) < 4.78 is 37.9. The van der Waals surface area contributed by atoms with Crippen LogP contribution in [0.25, 0.3) is 0 Å². The maximum atomic E-state index is 13.1. The summed E-state index contributed by atoms with van der Waals surface area (Å²) in [6.07, 6.45) is -0.830. The lowest BCUT2D eigenvalue weighted by atomic mass is 10.0. The molecule has 13 heteroatoms. The second-order valence-corrected chi connectivity index (χ2v) is 9.96. The molecular weight excluding hydrogens is 418 g/mol. The van der Waals surface area contributed by atoms with E-state index in [-0.39, 0.29) is 19.0 Å². The van der Waals surface area contributed by atoms with Crippen molar-refractivity contribution in [1.29, 1.82) is 5.41 Å². The van der Waals surface area contributed by atoms with E-state index < -0.39 is 46.0 Å². The summed E-state index contributed by atoms with van der Waals surface area (Å²) in [4.78, 5) is 28.7. The monoisotopic (exact) mass is 449 g/mol. The Morgan fingerprint density at radius 1 is 1.33 bits per heavy atom. The summed E-state index contributed by atoms with van der Waals surface area (Å²) in [5.41, 5.74) is 5.03. The van der Waals surface area contributed by atoms with Crippen LogP contribution in [-0.2, 0) is 28.6 Å². The van der Waals surface area contributed by atoms with E-state index in [1.54, 1.807) is 20.8 Å². The first-order valence-electron chi connectivity index (χ1n) is 9.61. The van der Waals surface area contributed by atoms with Gasteiger partial charge < -0.3 is 20.5 Å². The fourth-order valence-electron chi connectivity index (χ4n) is 3.37. The van der Waals surface area contributed by atoms with Gasteiger partial charge in [0, 0.05) is 26.2 Å². The number of hydrogen-bond donors (Lipinski definition) is 3. The van der Waals surface area contributed by atoms with E-state index in [1.807, 2.05) is 4.90 Å². The lowest BCUT2D eigenvalue weighted by Gasteiger charge is -2.40. The first-order chi connectivity index (χ1) is 13.8. The molecule has 2 saturated heterocycles. The molecule has 172 valence electrons. The third-order valence-electron chi connectivity index (χ3n) is 4.52. The van der Waals surface area contributed by atoms with Crippen LogP contribution in [0.2, 0.25) is 0 Å². The zero-order valence-electron chi connectivity index (χ0n) is 17.7. The van der Waals surface area contributed by atoms with Gasteiger partial charge in [-0.15, -0.1) is 0 Å². The number of nitrogens with one attached hydrogen (secondary N) is 2. The highest BCUT2D eigenvalue weighted by atomic mass is 32.2. The molecule has 0 spiro atoms. The second-order valence-electron chi connectivity index (χ2n) is 8.31. The van der Waals surface area contributed by atoms with Crippen molar-refractivity contribution in [1.82, 2.24) is 15.1 Å². The van der Waals surface area contributed by atoms with Gasteiger partial charge in [-0.05, 0) is 20.8 Å². The van der Waals surface area contributed by atoms with Gasteiger partial charge in [0.1, 0.15) is 24.1 Å². The van der Waals surface area contributed by atoms with Gasteiger partial charge in [-0.1, -0.05) is 0 Å². The van der Waals surface area contributed by atoms with Gasteiger partial charge in [0.25, 0.3) is 10.1 Å². The van der Waals surface area contributed by atoms with Crippen molar-refractivity contribution in [3.05, 3.63) is 0 Å². The lowest BCUT2D eigenvalue weighted by molar-refractivity contribution is -0.162. The summed E-state index contributed by atoms with van der Waals surface area (Å²) in [5, 5.41) is 11.3. The molecule has 0 radical (unpaired) electrons. The van der Waals surface area contributed by atoms with Crippen LogP contribution < -0.4 is 11.1 Å². The average molecular weight is 450 g/mol. The van der Waals surface area contributed by atoms with Crippen LogP contribution in [0.1, 0.15) is 20.8 Å². The summed E-state index contributed by atoms with van der Waals surface area (Å²) >= 11 is 0. The fourth-order valence-corrected chi connectivity index (χ4v) is 3.77. The van der Waals surface area contributed by atoms with Gasteiger partial charge in [-0.3, -0.25) is 19.4 Å². The molecule has 0 aromatic carbocycles. The Morgan fingerprint density at radius 3 is 2.43 bits per heavy atom. The van der Waals surface area contributed by atoms with Gasteiger partial charge in [0.2, 0.25) is 0 Å². The molecule has 30 heavy (non-hydrogen) atoms. The topological polar surface area (TPSA) is 164 Å². The molecule has 0 saturated carbocycles. The standard InChI is InChI=1S/C17H31N5O7S/c1-17(2,3)29-15(23)13(12(14(18)19)21-7-5-20-6-8-21)22-9-11(28-16(22)24)10-27-30(4,25)26/h11-13,20H,5-10H2,1-4H3,(H3,18,19). The van der Waals surface area contributed by atoms with Gasteiger partial charge in [0.05, 0.1) is 18.8 Å². The summed E-state index contributed by atoms with van der Waals surface area (Å²) in [6.45, 7) is 6.93. The lowest BCUT2D eigenvalue weighted by Crippen LogP contribution is -2.64. The number of nitrogens with two attached hydrogens (primary N) is 1. The molecule has 0 aromatic rings. The minimum absolute atomic E-state index is 0.103. The molecule has 0 aromatic heterocycles. The normalized spacial score (nSPS) is 23.0. The average Bonchev–Trinajstić information content (AvgIpc) is 2.96. The van der Waals surface area contributed by atoms with Crippen LogP contribution in [0.3, 0.4) is 0 Å². The molecular formula is C17H31N5O7S. The molecule has 0 aliphatic carbocycles. The van der Waals surface area contributed by atoms with E-state index in [1.165, 1.54) is 0 Å². The quantitative estimate of drug-likeness (QED) is 0.176. The Bertz CT molecular complexity index is 761. The highest BCUT2D eigenvalue weighted by Crippen LogP contribution is 2.23. The Kier molecular flexibility index (Phi) is 7.66. The number of hydrogen-bond acceptors (Lipinski definition) is 10. The van der Waals surface area contributed by atoms with Gasteiger partial charge >= 0.3 is 12.1 Å². The Morgan fingerprint density at radius 2 is 1.93 bits per heavy atom. The van der Waals surface area contributed by atoms with Gasteiger partial charge in [-0.2, -0.15) is 8.42 Å². The van der Waals surface area contributed by atoms with Gasteiger partial charge in [-0.25, -0.2) is 9.59 Å². The number of carbonyl (C=O) groups excluding carboxylic acids is 2. The predicted molar refractivity (Wildman–Crippen MR) is 108 cm³/mol. The van der Waals surface area contributed by atoms with Crippen molar-refractivity contribution in [3.63, 3.8) is 0 Å². The van der Waals surface area contributed by atoms with Crippen LogP contribution in [0.5, 0.6) is 0 Å². The molecule has 2 aliphatic rings. The molecule has 2 heterocycles. The van der Waals surface area contributed by atoms with Crippen molar-refractivity contribution < 1.29 is 31.7 Å². The zero-order chi connectivity index (χ0) is 22.7. The van der Waals surface area contributed by atoms with Crippen molar-refractivity contribution in [2.45, 2.75) is 44.6 Å². The first-order valence-corrected chi connectivity index (χ1v) is 11.4. The van der Waals surface area contributed by atoms with E-state index in [0.717, 1.165) is 11.2 Å². The number of amidine groups is 1. The van der Waals surface area contributed by atoms with Crippen LogP contribution in [0.15, 0.2) is 0 Å². The van der Waals surface area contributed by atoms with E-state index >= 15 is 0 Å². The smallest absolute Gasteiger partial charge is 0.411 e. The summed E-state index contributed by atoms with van der Waals surface area (Å²) in [7, 11) is -3.72. The molecule has 3 unspecified atom stereocenters. The van der Waals surface area contributed by atoms with Gasteiger partial charge in [0.15, 0.2) is 6.04 Å². The summed E-state index contributed by atoms with van der Waals surface area (Å²) in [5.74, 6) is -1.00.